The van der Waals surface area contributed by atoms with E-state index in [1.54, 1.807) is 0 Å². The van der Waals surface area contributed by atoms with Crippen molar-refractivity contribution in [2.45, 2.75) is 6.92 Å². The van der Waals surface area contributed by atoms with E-state index in [0.717, 1.165) is 12.4 Å². The second-order valence-corrected chi connectivity index (χ2v) is 2.83. The predicted molar refractivity (Wildman–Crippen MR) is 38.4 cm³/mol. The highest BCUT2D eigenvalue weighted by Gasteiger charge is 1.98. The Balaban J connectivity index is 3.10. The Morgan fingerprint density at radius 1 is 1.50 bits per heavy atom. The molecule has 0 bridgehead atoms. The fourth-order valence-corrected chi connectivity index (χ4v) is 0.770. The summed E-state index contributed by atoms with van der Waals surface area (Å²) >= 11 is 5.57. The number of hydrogen-bond donors (Lipinski definition) is 0. The normalized spacial score (nSPS) is 14.6. The Kier molecular flexibility index (Phi) is 4.29. The van der Waals surface area contributed by atoms with E-state index >= 15 is 0 Å². The van der Waals surface area contributed by atoms with Crippen LogP contribution in [0.25, 0.3) is 0 Å². The van der Waals surface area contributed by atoms with Crippen molar-refractivity contribution in [3.63, 3.8) is 0 Å². The zero-order chi connectivity index (χ0) is 6.57. The van der Waals surface area contributed by atoms with Crippen molar-refractivity contribution in [3.05, 3.63) is 0 Å². The number of alkyl halides is 1. The first-order chi connectivity index (χ1) is 3.66. The van der Waals surface area contributed by atoms with Gasteiger partial charge in [0, 0.05) is 12.4 Å². The highest BCUT2D eigenvalue weighted by Crippen LogP contribution is 1.97. The molecule has 0 unspecified atom stereocenters. The van der Waals surface area contributed by atoms with Gasteiger partial charge in [-0.2, -0.15) is 0 Å². The topological polar surface area (TPSA) is 3.24 Å². The minimum absolute atomic E-state index is 0.617. The molecule has 0 fully saturated rings. The first kappa shape index (κ1) is 8.25. The molecule has 0 saturated heterocycles. The van der Waals surface area contributed by atoms with Gasteiger partial charge in [-0.15, -0.1) is 11.6 Å². The molecule has 0 radical (unpaired) electrons. The molecule has 0 aromatic rings. The molecule has 8 heavy (non-hydrogen) atoms. The average Bonchev–Trinajstić information content (AvgIpc) is 1.65. The Labute approximate surface area is 56.6 Å². The largest absolute Gasteiger partial charge is 0.309 e. The van der Waals surface area contributed by atoms with Gasteiger partial charge in [-0.3, -0.25) is 0 Å². The lowest BCUT2D eigenvalue weighted by Gasteiger charge is -2.13. The smallest absolute Gasteiger partial charge is 0.0261 e. The van der Waals surface area contributed by atoms with Gasteiger partial charge >= 0.3 is 0 Å². The van der Waals surface area contributed by atoms with E-state index < -0.39 is 0 Å². The number of halogens is 1. The molecule has 1 atom stereocenters. The molecule has 0 aromatic heterocycles. The van der Waals surface area contributed by atoms with Crippen LogP contribution in [0.1, 0.15) is 6.92 Å². The SMILES string of the molecule is C[C@H](CCl)CN(C)C. The van der Waals surface area contributed by atoms with Gasteiger partial charge < -0.3 is 4.90 Å². The summed E-state index contributed by atoms with van der Waals surface area (Å²) in [5.41, 5.74) is 0. The lowest BCUT2D eigenvalue weighted by atomic mass is 10.2. The summed E-state index contributed by atoms with van der Waals surface area (Å²) < 4.78 is 0. The van der Waals surface area contributed by atoms with Gasteiger partial charge in [-0.25, -0.2) is 0 Å². The van der Waals surface area contributed by atoms with Crippen LogP contribution in [0.15, 0.2) is 0 Å². The third kappa shape index (κ3) is 4.41. The van der Waals surface area contributed by atoms with Crippen LogP contribution in [0.5, 0.6) is 0 Å². The number of hydrogen-bond acceptors (Lipinski definition) is 1. The molecule has 50 valence electrons. The van der Waals surface area contributed by atoms with Crippen molar-refractivity contribution in [1.82, 2.24) is 4.90 Å². The fraction of sp³-hybridized carbons (Fsp3) is 1.00. The Morgan fingerprint density at radius 3 is 2.12 bits per heavy atom. The molecule has 0 amide bonds. The van der Waals surface area contributed by atoms with Crippen molar-refractivity contribution in [2.75, 3.05) is 26.5 Å². The Bertz CT molecular complexity index is 54.5. The quantitative estimate of drug-likeness (QED) is 0.530. The lowest BCUT2D eigenvalue weighted by molar-refractivity contribution is 0.356. The Hall–Kier alpha value is 0.250. The summed E-state index contributed by atoms with van der Waals surface area (Å²) in [6.07, 6.45) is 0. The molecule has 2 heteroatoms. The van der Waals surface area contributed by atoms with E-state index in [0.29, 0.717) is 5.92 Å². The lowest BCUT2D eigenvalue weighted by Crippen LogP contribution is -2.20. The van der Waals surface area contributed by atoms with Gasteiger partial charge in [0.15, 0.2) is 0 Å². The summed E-state index contributed by atoms with van der Waals surface area (Å²) in [4.78, 5) is 2.15. The molecular weight excluding hydrogens is 122 g/mol. The number of rotatable bonds is 3. The molecule has 0 aromatic carbocycles. The molecule has 0 heterocycles. The van der Waals surface area contributed by atoms with E-state index in [4.69, 9.17) is 11.6 Å². The van der Waals surface area contributed by atoms with Gasteiger partial charge in [0.05, 0.1) is 0 Å². The minimum atomic E-state index is 0.617. The van der Waals surface area contributed by atoms with Crippen LogP contribution in [0, 0.1) is 5.92 Å². The molecule has 0 aliphatic rings. The summed E-state index contributed by atoms with van der Waals surface area (Å²) in [6, 6.07) is 0. The molecular formula is C6H14ClN. The number of nitrogens with zero attached hydrogens (tertiary/aromatic N) is 1. The van der Waals surface area contributed by atoms with Crippen molar-refractivity contribution in [1.29, 1.82) is 0 Å². The molecule has 0 N–H and O–H groups in total. The monoisotopic (exact) mass is 135 g/mol. The highest BCUT2D eigenvalue weighted by molar-refractivity contribution is 6.18. The van der Waals surface area contributed by atoms with Crippen LogP contribution in [0.4, 0.5) is 0 Å². The van der Waals surface area contributed by atoms with Crippen LogP contribution >= 0.6 is 11.6 Å². The summed E-state index contributed by atoms with van der Waals surface area (Å²) in [5, 5.41) is 0. The van der Waals surface area contributed by atoms with Gasteiger partial charge in [0.2, 0.25) is 0 Å². The first-order valence-electron chi connectivity index (χ1n) is 2.87. The summed E-state index contributed by atoms with van der Waals surface area (Å²) in [5.74, 6) is 1.38. The van der Waals surface area contributed by atoms with E-state index in [2.05, 4.69) is 25.9 Å². The Morgan fingerprint density at radius 2 is 2.00 bits per heavy atom. The molecule has 1 nitrogen and oxygen atoms in total. The van der Waals surface area contributed by atoms with Crippen LogP contribution in [0.3, 0.4) is 0 Å². The maximum Gasteiger partial charge on any atom is 0.0261 e. The molecule has 0 rings (SSSR count). The predicted octanol–water partition coefficient (Wildman–Crippen LogP) is 1.42. The van der Waals surface area contributed by atoms with Crippen molar-refractivity contribution >= 4 is 11.6 Å². The van der Waals surface area contributed by atoms with Gasteiger partial charge in [-0.05, 0) is 20.0 Å². The summed E-state index contributed by atoms with van der Waals surface area (Å²) in [7, 11) is 4.12. The van der Waals surface area contributed by atoms with Crippen LogP contribution in [0.2, 0.25) is 0 Å². The molecule has 0 spiro atoms. The highest BCUT2D eigenvalue weighted by atomic mass is 35.5. The third-order valence-electron chi connectivity index (χ3n) is 0.940. The standard InChI is InChI=1S/C6H14ClN/c1-6(4-7)5-8(2)3/h6H,4-5H2,1-3H3/t6-/m1/s1. The zero-order valence-corrected chi connectivity index (χ0v) is 6.57. The van der Waals surface area contributed by atoms with Crippen molar-refractivity contribution in [3.8, 4) is 0 Å². The first-order valence-corrected chi connectivity index (χ1v) is 3.41. The minimum Gasteiger partial charge on any atom is -0.309 e. The van der Waals surface area contributed by atoms with Gasteiger partial charge in [0.25, 0.3) is 0 Å². The van der Waals surface area contributed by atoms with Crippen LogP contribution in [-0.2, 0) is 0 Å². The van der Waals surface area contributed by atoms with Crippen LogP contribution < -0.4 is 0 Å². The van der Waals surface area contributed by atoms with E-state index in [9.17, 15) is 0 Å². The van der Waals surface area contributed by atoms with Crippen molar-refractivity contribution in [2.24, 2.45) is 5.92 Å². The second kappa shape index (κ2) is 4.16. The van der Waals surface area contributed by atoms with Gasteiger partial charge in [0.1, 0.15) is 0 Å². The average molecular weight is 136 g/mol. The van der Waals surface area contributed by atoms with Crippen molar-refractivity contribution < 1.29 is 0 Å². The van der Waals surface area contributed by atoms with Gasteiger partial charge in [-0.1, -0.05) is 6.92 Å². The summed E-state index contributed by atoms with van der Waals surface area (Å²) in [6.45, 7) is 3.23. The van der Waals surface area contributed by atoms with Crippen LogP contribution in [-0.4, -0.2) is 31.4 Å². The maximum absolute atomic E-state index is 5.57. The molecule has 0 aliphatic carbocycles. The second-order valence-electron chi connectivity index (χ2n) is 2.52. The van der Waals surface area contributed by atoms with E-state index in [1.807, 2.05) is 0 Å². The van der Waals surface area contributed by atoms with E-state index in [-0.39, 0.29) is 0 Å². The zero-order valence-electron chi connectivity index (χ0n) is 5.82. The maximum atomic E-state index is 5.57. The third-order valence-corrected chi connectivity index (χ3v) is 1.47. The fourth-order valence-electron chi connectivity index (χ4n) is 0.672. The molecule has 0 saturated carbocycles. The van der Waals surface area contributed by atoms with E-state index in [1.165, 1.54) is 0 Å². The molecule has 0 aliphatic heterocycles.